The summed E-state index contributed by atoms with van der Waals surface area (Å²) >= 11 is 0. The van der Waals surface area contributed by atoms with Crippen molar-refractivity contribution in [3.8, 4) is 0 Å². The molecule has 1 aromatic rings. The number of nitrogens with zero attached hydrogens (tertiary/aromatic N) is 2. The van der Waals surface area contributed by atoms with Gasteiger partial charge in [-0.2, -0.15) is 5.10 Å². The van der Waals surface area contributed by atoms with Gasteiger partial charge in [0.15, 0.2) is 0 Å². The van der Waals surface area contributed by atoms with Crippen molar-refractivity contribution in [2.75, 3.05) is 6.54 Å². The van der Waals surface area contributed by atoms with Crippen molar-refractivity contribution in [1.29, 1.82) is 0 Å². The molecule has 0 radical (unpaired) electrons. The average Bonchev–Trinajstić information content (AvgIpc) is 2.68. The normalized spacial score (nSPS) is 25.5. The Labute approximate surface area is 117 Å². The predicted octanol–water partition coefficient (Wildman–Crippen LogP) is 3.08. The lowest BCUT2D eigenvalue weighted by atomic mass is 9.78. The number of hydrogen-bond donors (Lipinski definition) is 1. The van der Waals surface area contributed by atoms with E-state index in [4.69, 9.17) is 0 Å². The fourth-order valence-electron chi connectivity index (χ4n) is 3.44. The first-order valence-corrected chi connectivity index (χ1v) is 7.83. The first kappa shape index (κ1) is 14.6. The van der Waals surface area contributed by atoms with Crippen molar-refractivity contribution < 1.29 is 0 Å². The molecule has 1 aliphatic carbocycles. The summed E-state index contributed by atoms with van der Waals surface area (Å²) in [4.78, 5) is 0. The summed E-state index contributed by atoms with van der Waals surface area (Å²) in [7, 11) is 2.06. The van der Waals surface area contributed by atoms with Crippen LogP contribution in [0.15, 0.2) is 6.07 Å². The Bertz CT molecular complexity index is 389. The molecule has 3 nitrogen and oxygen atoms in total. The minimum Gasteiger partial charge on any atom is -0.314 e. The van der Waals surface area contributed by atoms with Crippen LogP contribution in [0.1, 0.15) is 50.9 Å². The number of hydrogen-bond acceptors (Lipinski definition) is 2. The molecule has 1 aliphatic rings. The smallest absolute Gasteiger partial charge is 0.0596 e. The molecule has 1 atom stereocenters. The molecule has 0 aromatic carbocycles. The molecule has 1 heterocycles. The van der Waals surface area contributed by atoms with E-state index < -0.39 is 0 Å². The van der Waals surface area contributed by atoms with Gasteiger partial charge in [-0.15, -0.1) is 0 Å². The maximum Gasteiger partial charge on any atom is 0.0596 e. The van der Waals surface area contributed by atoms with Crippen LogP contribution < -0.4 is 5.32 Å². The largest absolute Gasteiger partial charge is 0.314 e. The molecule has 2 rings (SSSR count). The fourth-order valence-corrected chi connectivity index (χ4v) is 3.44. The number of nitrogens with one attached hydrogen (secondary N) is 1. The highest BCUT2D eigenvalue weighted by molar-refractivity contribution is 5.10. The molecule has 0 saturated heterocycles. The molecule has 0 aliphatic heterocycles. The molecule has 1 fully saturated rings. The Hall–Kier alpha value is -0.830. The lowest BCUT2D eigenvalue weighted by Gasteiger charge is -2.33. The zero-order valence-electron chi connectivity index (χ0n) is 12.9. The minimum absolute atomic E-state index is 0.618. The molecular formula is C16H29N3. The molecule has 1 N–H and O–H groups in total. The Morgan fingerprint density at radius 3 is 2.58 bits per heavy atom. The van der Waals surface area contributed by atoms with Crippen molar-refractivity contribution in [2.45, 2.75) is 58.9 Å². The SMILES string of the molecule is CCNC(Cc1cc(C)nn1C)C1CCC(C)CC1. The summed E-state index contributed by atoms with van der Waals surface area (Å²) in [5.74, 6) is 1.77. The third kappa shape index (κ3) is 3.82. The van der Waals surface area contributed by atoms with Crippen molar-refractivity contribution in [1.82, 2.24) is 15.1 Å². The van der Waals surface area contributed by atoms with Crippen LogP contribution in [0.2, 0.25) is 0 Å². The standard InChI is InChI=1S/C16H29N3/c1-5-17-16(14-8-6-12(2)7-9-14)11-15-10-13(3)18-19(15)4/h10,12,14,16-17H,5-9,11H2,1-4H3. The van der Waals surface area contributed by atoms with E-state index in [2.05, 4.69) is 44.3 Å². The van der Waals surface area contributed by atoms with Gasteiger partial charge in [0.25, 0.3) is 0 Å². The zero-order valence-corrected chi connectivity index (χ0v) is 12.9. The lowest BCUT2D eigenvalue weighted by Crippen LogP contribution is -2.40. The Kier molecular flexibility index (Phi) is 5.03. The second kappa shape index (κ2) is 6.56. The van der Waals surface area contributed by atoms with Gasteiger partial charge in [0.1, 0.15) is 0 Å². The fraction of sp³-hybridized carbons (Fsp3) is 0.812. The highest BCUT2D eigenvalue weighted by atomic mass is 15.3. The molecule has 1 saturated carbocycles. The number of aryl methyl sites for hydroxylation is 2. The molecule has 1 aromatic heterocycles. The summed E-state index contributed by atoms with van der Waals surface area (Å²) < 4.78 is 2.05. The Morgan fingerprint density at radius 1 is 1.37 bits per heavy atom. The van der Waals surface area contributed by atoms with E-state index in [9.17, 15) is 0 Å². The van der Waals surface area contributed by atoms with Crippen molar-refractivity contribution in [3.05, 3.63) is 17.5 Å². The molecule has 0 amide bonds. The van der Waals surface area contributed by atoms with Crippen LogP contribution in [-0.2, 0) is 13.5 Å². The second-order valence-corrected chi connectivity index (χ2v) is 6.29. The maximum atomic E-state index is 4.47. The van der Waals surface area contributed by atoms with Crippen molar-refractivity contribution in [3.63, 3.8) is 0 Å². The Balaban J connectivity index is 2.01. The van der Waals surface area contributed by atoms with Gasteiger partial charge < -0.3 is 5.32 Å². The van der Waals surface area contributed by atoms with E-state index in [0.717, 1.165) is 30.5 Å². The minimum atomic E-state index is 0.618. The van der Waals surface area contributed by atoms with E-state index >= 15 is 0 Å². The van der Waals surface area contributed by atoms with Crippen LogP contribution in [-0.4, -0.2) is 22.4 Å². The van der Waals surface area contributed by atoms with Gasteiger partial charge in [0.2, 0.25) is 0 Å². The quantitative estimate of drug-likeness (QED) is 0.885. The predicted molar refractivity (Wildman–Crippen MR) is 80.2 cm³/mol. The van der Waals surface area contributed by atoms with Gasteiger partial charge in [-0.1, -0.05) is 26.7 Å². The van der Waals surface area contributed by atoms with Gasteiger partial charge in [-0.3, -0.25) is 4.68 Å². The molecule has 0 bridgehead atoms. The third-order valence-electron chi connectivity index (χ3n) is 4.62. The maximum absolute atomic E-state index is 4.47. The Morgan fingerprint density at radius 2 is 2.05 bits per heavy atom. The van der Waals surface area contributed by atoms with Gasteiger partial charge in [0, 0.05) is 25.2 Å². The summed E-state index contributed by atoms with van der Waals surface area (Å²) in [5.41, 5.74) is 2.49. The van der Waals surface area contributed by atoms with Gasteiger partial charge in [-0.25, -0.2) is 0 Å². The summed E-state index contributed by atoms with van der Waals surface area (Å²) in [6.45, 7) is 7.75. The second-order valence-electron chi connectivity index (χ2n) is 6.29. The highest BCUT2D eigenvalue weighted by Crippen LogP contribution is 2.31. The van der Waals surface area contributed by atoms with Crippen molar-refractivity contribution >= 4 is 0 Å². The number of rotatable bonds is 5. The van der Waals surface area contributed by atoms with Crippen LogP contribution in [0.5, 0.6) is 0 Å². The molecule has 108 valence electrons. The average molecular weight is 263 g/mol. The van der Waals surface area contributed by atoms with Gasteiger partial charge >= 0.3 is 0 Å². The first-order chi connectivity index (χ1) is 9.10. The van der Waals surface area contributed by atoms with E-state index in [1.54, 1.807) is 0 Å². The summed E-state index contributed by atoms with van der Waals surface area (Å²) in [6, 6.07) is 2.85. The topological polar surface area (TPSA) is 29.9 Å². The summed E-state index contributed by atoms with van der Waals surface area (Å²) in [6.07, 6.45) is 6.68. The zero-order chi connectivity index (χ0) is 13.8. The third-order valence-corrected chi connectivity index (χ3v) is 4.62. The van der Waals surface area contributed by atoms with Crippen LogP contribution in [0.25, 0.3) is 0 Å². The van der Waals surface area contributed by atoms with Gasteiger partial charge in [0.05, 0.1) is 5.69 Å². The summed E-state index contributed by atoms with van der Waals surface area (Å²) in [5, 5.41) is 8.18. The molecular weight excluding hydrogens is 234 g/mol. The molecule has 3 heteroatoms. The molecule has 1 unspecified atom stereocenters. The van der Waals surface area contributed by atoms with Crippen LogP contribution in [0.3, 0.4) is 0 Å². The number of aromatic nitrogens is 2. The highest BCUT2D eigenvalue weighted by Gasteiger charge is 2.26. The van der Waals surface area contributed by atoms with Crippen LogP contribution >= 0.6 is 0 Å². The monoisotopic (exact) mass is 263 g/mol. The molecule has 19 heavy (non-hydrogen) atoms. The van der Waals surface area contributed by atoms with Crippen molar-refractivity contribution in [2.24, 2.45) is 18.9 Å². The molecule has 0 spiro atoms. The lowest BCUT2D eigenvalue weighted by molar-refractivity contribution is 0.229. The van der Waals surface area contributed by atoms with E-state index in [1.807, 2.05) is 4.68 Å². The van der Waals surface area contributed by atoms with Crippen LogP contribution in [0.4, 0.5) is 0 Å². The first-order valence-electron chi connectivity index (χ1n) is 7.83. The van der Waals surface area contributed by atoms with E-state index in [0.29, 0.717) is 6.04 Å². The number of likely N-dealkylation sites (N-methyl/N-ethyl adjacent to an activating group) is 1. The van der Waals surface area contributed by atoms with E-state index in [-0.39, 0.29) is 0 Å². The van der Waals surface area contributed by atoms with Gasteiger partial charge in [-0.05, 0) is 44.2 Å². The van der Waals surface area contributed by atoms with E-state index in [1.165, 1.54) is 31.4 Å². The van der Waals surface area contributed by atoms with Crippen LogP contribution in [0, 0.1) is 18.8 Å².